The minimum Gasteiger partial charge on any atom is -0.355 e. The van der Waals surface area contributed by atoms with E-state index >= 15 is 0 Å². The van der Waals surface area contributed by atoms with Crippen LogP contribution in [-0.2, 0) is 40.9 Å². The topological polar surface area (TPSA) is 108 Å². The Morgan fingerprint density at radius 3 is 1.90 bits per heavy atom. The lowest BCUT2D eigenvalue weighted by Crippen LogP contribution is -2.39. The van der Waals surface area contributed by atoms with Gasteiger partial charge in [0.05, 0.1) is 5.41 Å². The molecule has 3 rings (SSSR count). The number of amides is 2. The highest BCUT2D eigenvalue weighted by Crippen LogP contribution is 2.44. The first-order valence-corrected chi connectivity index (χ1v) is 10.5. The summed E-state index contributed by atoms with van der Waals surface area (Å²) in [6.45, 7) is 3.47. The number of carbonyl (C=O) groups excluding carboxylic acids is 2. The van der Waals surface area contributed by atoms with Crippen LogP contribution in [0.2, 0.25) is 0 Å². The molecule has 0 unspecified atom stereocenters. The number of rotatable bonds is 10. The standard InChI is InChI=1S/C24H30N4O2/c1-2-23(26)24(9-10-25)21-7-3-17(13-27-15-29)11-19(21)5-6-20-12-18(14-28-16-30)4-8-22(20)24/h3-4,7-8,11-12,15-16,26H,2,5-6,9-10,13-14,25H2,1H3,(H,27,29)(H,28,30). The van der Waals surface area contributed by atoms with Gasteiger partial charge in [-0.15, -0.1) is 0 Å². The van der Waals surface area contributed by atoms with Crippen molar-refractivity contribution in [3.05, 3.63) is 69.8 Å². The zero-order valence-corrected chi connectivity index (χ0v) is 17.5. The van der Waals surface area contributed by atoms with Crippen molar-refractivity contribution >= 4 is 18.5 Å². The predicted octanol–water partition coefficient (Wildman–Crippen LogP) is 2.34. The highest BCUT2D eigenvalue weighted by atomic mass is 16.1. The van der Waals surface area contributed by atoms with Crippen molar-refractivity contribution in [2.24, 2.45) is 5.73 Å². The van der Waals surface area contributed by atoms with Crippen LogP contribution in [-0.4, -0.2) is 25.1 Å². The maximum atomic E-state index is 10.7. The molecule has 0 saturated heterocycles. The molecular weight excluding hydrogens is 376 g/mol. The molecule has 6 nitrogen and oxygen atoms in total. The van der Waals surface area contributed by atoms with Crippen LogP contribution in [0.25, 0.3) is 0 Å². The van der Waals surface area contributed by atoms with E-state index in [0.29, 0.717) is 51.0 Å². The van der Waals surface area contributed by atoms with Gasteiger partial charge in [-0.1, -0.05) is 43.3 Å². The summed E-state index contributed by atoms with van der Waals surface area (Å²) in [4.78, 5) is 21.4. The molecule has 0 aromatic heterocycles. The highest BCUT2D eigenvalue weighted by molar-refractivity contribution is 5.97. The highest BCUT2D eigenvalue weighted by Gasteiger charge is 2.41. The molecule has 0 atom stereocenters. The van der Waals surface area contributed by atoms with E-state index in [4.69, 9.17) is 11.1 Å². The molecule has 5 N–H and O–H groups in total. The van der Waals surface area contributed by atoms with Gasteiger partial charge in [0.25, 0.3) is 0 Å². The van der Waals surface area contributed by atoms with E-state index in [1.807, 2.05) is 19.1 Å². The zero-order valence-electron chi connectivity index (χ0n) is 17.5. The minimum atomic E-state index is -0.558. The summed E-state index contributed by atoms with van der Waals surface area (Å²) in [7, 11) is 0. The first-order valence-electron chi connectivity index (χ1n) is 10.5. The van der Waals surface area contributed by atoms with Gasteiger partial charge in [-0.25, -0.2) is 0 Å². The van der Waals surface area contributed by atoms with Crippen LogP contribution in [0.15, 0.2) is 36.4 Å². The smallest absolute Gasteiger partial charge is 0.207 e. The van der Waals surface area contributed by atoms with Gasteiger partial charge in [-0.3, -0.25) is 9.59 Å². The lowest BCUT2D eigenvalue weighted by Gasteiger charge is -2.37. The Kier molecular flexibility index (Phi) is 7.00. The third-order valence-electron chi connectivity index (χ3n) is 6.09. The number of hydrogen-bond donors (Lipinski definition) is 4. The first kappa shape index (κ1) is 21.7. The van der Waals surface area contributed by atoms with Gasteiger partial charge in [-0.05, 0) is 65.6 Å². The maximum absolute atomic E-state index is 10.7. The van der Waals surface area contributed by atoms with Gasteiger partial charge < -0.3 is 21.8 Å². The van der Waals surface area contributed by atoms with Crippen LogP contribution in [0.3, 0.4) is 0 Å². The fraction of sp³-hybridized carbons (Fsp3) is 0.375. The first-order chi connectivity index (χ1) is 14.6. The molecule has 0 aliphatic heterocycles. The second-order valence-corrected chi connectivity index (χ2v) is 7.76. The van der Waals surface area contributed by atoms with Gasteiger partial charge in [-0.2, -0.15) is 0 Å². The van der Waals surface area contributed by atoms with E-state index in [9.17, 15) is 9.59 Å². The second kappa shape index (κ2) is 9.67. The summed E-state index contributed by atoms with van der Waals surface area (Å²) in [5, 5.41) is 14.5. The van der Waals surface area contributed by atoms with E-state index in [2.05, 4.69) is 34.9 Å². The Bertz CT molecular complexity index is 875. The Labute approximate surface area is 177 Å². The molecule has 0 radical (unpaired) electrons. The fourth-order valence-electron chi connectivity index (χ4n) is 4.76. The summed E-state index contributed by atoms with van der Waals surface area (Å²) in [5.41, 5.74) is 13.0. The van der Waals surface area contributed by atoms with Gasteiger partial charge >= 0.3 is 0 Å². The molecule has 6 heteroatoms. The molecule has 0 saturated carbocycles. The van der Waals surface area contributed by atoms with E-state index < -0.39 is 5.41 Å². The Balaban J connectivity index is 2.19. The van der Waals surface area contributed by atoms with Crippen molar-refractivity contribution in [2.75, 3.05) is 6.54 Å². The third kappa shape index (κ3) is 4.00. The quantitative estimate of drug-likeness (QED) is 0.359. The molecule has 0 spiro atoms. The molecule has 30 heavy (non-hydrogen) atoms. The normalized spacial score (nSPS) is 14.1. The Morgan fingerprint density at radius 1 is 1.00 bits per heavy atom. The molecule has 1 aliphatic rings. The van der Waals surface area contributed by atoms with Crippen LogP contribution < -0.4 is 16.4 Å². The van der Waals surface area contributed by atoms with E-state index in [-0.39, 0.29) is 0 Å². The third-order valence-corrected chi connectivity index (χ3v) is 6.09. The number of fused-ring (bicyclic) bond motifs is 2. The molecule has 0 heterocycles. The largest absolute Gasteiger partial charge is 0.355 e. The van der Waals surface area contributed by atoms with Gasteiger partial charge in [0.2, 0.25) is 12.8 Å². The summed E-state index contributed by atoms with van der Waals surface area (Å²) >= 11 is 0. The minimum absolute atomic E-state index is 0.476. The Hall–Kier alpha value is -2.99. The molecular formula is C24H30N4O2. The van der Waals surface area contributed by atoms with Crippen molar-refractivity contribution in [2.45, 2.75) is 51.1 Å². The van der Waals surface area contributed by atoms with Crippen molar-refractivity contribution < 1.29 is 9.59 Å². The number of hydrogen-bond acceptors (Lipinski definition) is 4. The van der Waals surface area contributed by atoms with Gasteiger partial charge in [0, 0.05) is 18.8 Å². The molecule has 2 aromatic carbocycles. The lowest BCUT2D eigenvalue weighted by atomic mass is 9.66. The Morgan fingerprint density at radius 2 is 1.50 bits per heavy atom. The monoisotopic (exact) mass is 406 g/mol. The van der Waals surface area contributed by atoms with Crippen molar-refractivity contribution in [1.29, 1.82) is 5.41 Å². The van der Waals surface area contributed by atoms with Crippen molar-refractivity contribution in [3.63, 3.8) is 0 Å². The molecule has 1 aliphatic carbocycles. The van der Waals surface area contributed by atoms with Crippen LogP contribution >= 0.6 is 0 Å². The van der Waals surface area contributed by atoms with Crippen molar-refractivity contribution in [1.82, 2.24) is 10.6 Å². The number of aryl methyl sites for hydroxylation is 2. The number of benzene rings is 2. The van der Waals surface area contributed by atoms with Crippen LogP contribution in [0.5, 0.6) is 0 Å². The summed E-state index contributed by atoms with van der Waals surface area (Å²) < 4.78 is 0. The SMILES string of the molecule is CCC(=N)C1(CCN)c2ccc(CNC=O)cc2CCc2cc(CNC=O)ccc21. The van der Waals surface area contributed by atoms with Crippen LogP contribution in [0.4, 0.5) is 0 Å². The number of nitrogens with one attached hydrogen (secondary N) is 3. The van der Waals surface area contributed by atoms with E-state index in [0.717, 1.165) is 35.1 Å². The molecule has 0 fully saturated rings. The second-order valence-electron chi connectivity index (χ2n) is 7.76. The summed E-state index contributed by atoms with van der Waals surface area (Å²) in [6, 6.07) is 12.6. The number of carbonyl (C=O) groups is 2. The average molecular weight is 407 g/mol. The molecule has 0 bridgehead atoms. The van der Waals surface area contributed by atoms with Gasteiger partial charge in [0.15, 0.2) is 0 Å². The maximum Gasteiger partial charge on any atom is 0.207 e. The van der Waals surface area contributed by atoms with Crippen LogP contribution in [0.1, 0.15) is 53.1 Å². The summed E-state index contributed by atoms with van der Waals surface area (Å²) in [5.74, 6) is 0. The molecule has 2 amide bonds. The predicted molar refractivity (Wildman–Crippen MR) is 119 cm³/mol. The lowest BCUT2D eigenvalue weighted by molar-refractivity contribution is -0.110. The zero-order chi connectivity index (χ0) is 21.6. The molecule has 158 valence electrons. The van der Waals surface area contributed by atoms with Crippen molar-refractivity contribution in [3.8, 4) is 0 Å². The average Bonchev–Trinajstić information content (AvgIpc) is 2.91. The van der Waals surface area contributed by atoms with E-state index in [1.54, 1.807) is 0 Å². The fourth-order valence-corrected chi connectivity index (χ4v) is 4.76. The van der Waals surface area contributed by atoms with E-state index in [1.165, 1.54) is 11.1 Å². The summed E-state index contributed by atoms with van der Waals surface area (Å²) in [6.07, 6.45) is 4.43. The number of nitrogens with two attached hydrogens (primary N) is 1. The van der Waals surface area contributed by atoms with Crippen LogP contribution in [0, 0.1) is 5.41 Å². The molecule has 2 aromatic rings. The van der Waals surface area contributed by atoms with Gasteiger partial charge in [0.1, 0.15) is 0 Å².